The number of halogens is 1. The van der Waals surface area contributed by atoms with Crippen LogP contribution in [0.15, 0.2) is 22.7 Å². The minimum absolute atomic E-state index is 0.0365. The van der Waals surface area contributed by atoms with Gasteiger partial charge in [-0.25, -0.2) is 0 Å². The molecule has 0 aromatic heterocycles. The molecule has 94 valence electrons. The Bertz CT molecular complexity index is 400. The average Bonchev–Trinajstić information content (AvgIpc) is 2.31. The van der Waals surface area contributed by atoms with Crippen LogP contribution in [-0.2, 0) is 4.74 Å². The zero-order valence-corrected chi connectivity index (χ0v) is 11.4. The van der Waals surface area contributed by atoms with Gasteiger partial charge in [-0.15, -0.1) is 0 Å². The summed E-state index contributed by atoms with van der Waals surface area (Å²) < 4.78 is 6.61. The molecule has 0 amide bonds. The second-order valence-electron chi connectivity index (χ2n) is 4.36. The third kappa shape index (κ3) is 2.91. The number of hydrogen-bond donors (Lipinski definition) is 2. The number of anilines is 2. The molecule has 2 atom stereocenters. The van der Waals surface area contributed by atoms with Crippen molar-refractivity contribution in [2.24, 2.45) is 0 Å². The fraction of sp³-hybridized carbons (Fsp3) is 0.500. The van der Waals surface area contributed by atoms with Crippen molar-refractivity contribution in [1.82, 2.24) is 0 Å². The predicted octanol–water partition coefficient (Wildman–Crippen LogP) is 1.62. The molecule has 0 bridgehead atoms. The molecular formula is C12H17BrN2O2. The van der Waals surface area contributed by atoms with E-state index in [2.05, 4.69) is 20.8 Å². The van der Waals surface area contributed by atoms with E-state index in [1.807, 2.05) is 25.1 Å². The molecule has 0 saturated carbocycles. The molecule has 1 fully saturated rings. The summed E-state index contributed by atoms with van der Waals surface area (Å²) in [6, 6.07) is 5.81. The maximum absolute atomic E-state index is 9.21. The minimum Gasteiger partial charge on any atom is -0.397 e. The van der Waals surface area contributed by atoms with Crippen molar-refractivity contribution in [3.8, 4) is 0 Å². The SMILES string of the molecule is CC1CN(c2cc(Br)ccc2N)CC(CO)O1. The van der Waals surface area contributed by atoms with Crippen molar-refractivity contribution in [3.05, 3.63) is 22.7 Å². The van der Waals surface area contributed by atoms with Crippen molar-refractivity contribution in [2.75, 3.05) is 30.3 Å². The molecule has 0 radical (unpaired) electrons. The fourth-order valence-electron chi connectivity index (χ4n) is 2.13. The number of rotatable bonds is 2. The van der Waals surface area contributed by atoms with Crippen LogP contribution in [0.3, 0.4) is 0 Å². The highest BCUT2D eigenvalue weighted by molar-refractivity contribution is 9.10. The Hall–Kier alpha value is -0.780. The lowest BCUT2D eigenvalue weighted by atomic mass is 10.1. The molecule has 1 heterocycles. The van der Waals surface area contributed by atoms with Crippen molar-refractivity contribution in [3.63, 3.8) is 0 Å². The van der Waals surface area contributed by atoms with Gasteiger partial charge in [-0.2, -0.15) is 0 Å². The van der Waals surface area contributed by atoms with Gasteiger partial charge in [-0.3, -0.25) is 0 Å². The van der Waals surface area contributed by atoms with Crippen LogP contribution < -0.4 is 10.6 Å². The summed E-state index contributed by atoms with van der Waals surface area (Å²) in [6.07, 6.45) is -0.0450. The highest BCUT2D eigenvalue weighted by Crippen LogP contribution is 2.29. The number of nitrogen functional groups attached to an aromatic ring is 1. The van der Waals surface area contributed by atoms with Gasteiger partial charge in [0.15, 0.2) is 0 Å². The largest absolute Gasteiger partial charge is 0.397 e. The van der Waals surface area contributed by atoms with Crippen LogP contribution >= 0.6 is 15.9 Å². The van der Waals surface area contributed by atoms with E-state index >= 15 is 0 Å². The van der Waals surface area contributed by atoms with Gasteiger partial charge in [0.25, 0.3) is 0 Å². The first kappa shape index (κ1) is 12.7. The smallest absolute Gasteiger partial charge is 0.0984 e. The first-order valence-corrected chi connectivity index (χ1v) is 6.45. The monoisotopic (exact) mass is 300 g/mol. The van der Waals surface area contributed by atoms with Crippen molar-refractivity contribution in [1.29, 1.82) is 0 Å². The summed E-state index contributed by atoms with van der Waals surface area (Å²) in [5.74, 6) is 0. The van der Waals surface area contributed by atoms with Crippen molar-refractivity contribution < 1.29 is 9.84 Å². The van der Waals surface area contributed by atoms with E-state index in [9.17, 15) is 5.11 Å². The van der Waals surface area contributed by atoms with Crippen LogP contribution in [0.2, 0.25) is 0 Å². The molecule has 0 spiro atoms. The number of nitrogens with zero attached hydrogens (tertiary/aromatic N) is 1. The first-order valence-electron chi connectivity index (χ1n) is 5.66. The third-order valence-electron chi connectivity index (χ3n) is 2.86. The number of nitrogens with two attached hydrogens (primary N) is 1. The van der Waals surface area contributed by atoms with E-state index < -0.39 is 0 Å². The van der Waals surface area contributed by atoms with Gasteiger partial charge in [-0.05, 0) is 25.1 Å². The van der Waals surface area contributed by atoms with Gasteiger partial charge in [0.1, 0.15) is 0 Å². The molecule has 17 heavy (non-hydrogen) atoms. The van der Waals surface area contributed by atoms with Crippen molar-refractivity contribution in [2.45, 2.75) is 19.1 Å². The Labute approximate surface area is 109 Å². The highest BCUT2D eigenvalue weighted by atomic mass is 79.9. The maximum Gasteiger partial charge on any atom is 0.0984 e. The minimum atomic E-state index is -0.142. The van der Waals surface area contributed by atoms with Gasteiger partial charge >= 0.3 is 0 Å². The van der Waals surface area contributed by atoms with Gasteiger partial charge in [0.2, 0.25) is 0 Å². The number of ether oxygens (including phenoxy) is 1. The third-order valence-corrected chi connectivity index (χ3v) is 3.36. The molecular weight excluding hydrogens is 284 g/mol. The van der Waals surface area contributed by atoms with Crippen LogP contribution in [0.4, 0.5) is 11.4 Å². The van der Waals surface area contributed by atoms with E-state index in [0.717, 1.165) is 22.4 Å². The lowest BCUT2D eigenvalue weighted by molar-refractivity contribution is -0.0420. The second-order valence-corrected chi connectivity index (χ2v) is 5.28. The summed E-state index contributed by atoms with van der Waals surface area (Å²) in [6.45, 7) is 3.50. The zero-order chi connectivity index (χ0) is 12.4. The average molecular weight is 301 g/mol. The summed E-state index contributed by atoms with van der Waals surface area (Å²) in [7, 11) is 0. The number of benzene rings is 1. The molecule has 1 aliphatic rings. The van der Waals surface area contributed by atoms with Crippen molar-refractivity contribution >= 4 is 27.3 Å². The van der Waals surface area contributed by atoms with E-state index in [1.165, 1.54) is 0 Å². The maximum atomic E-state index is 9.21. The first-order chi connectivity index (χ1) is 8.10. The van der Waals surface area contributed by atoms with Crippen LogP contribution in [0.5, 0.6) is 0 Å². The molecule has 1 aromatic carbocycles. The molecule has 3 N–H and O–H groups in total. The Kier molecular flexibility index (Phi) is 3.91. The molecule has 1 saturated heterocycles. The number of aliphatic hydroxyl groups excluding tert-OH is 1. The number of aliphatic hydroxyl groups is 1. The van der Waals surface area contributed by atoms with E-state index in [4.69, 9.17) is 10.5 Å². The Morgan fingerprint density at radius 1 is 1.53 bits per heavy atom. The highest BCUT2D eigenvalue weighted by Gasteiger charge is 2.25. The quantitative estimate of drug-likeness (QED) is 0.815. The molecule has 1 aliphatic heterocycles. The zero-order valence-electron chi connectivity index (χ0n) is 9.77. The number of morpholine rings is 1. The molecule has 2 rings (SSSR count). The molecule has 0 aliphatic carbocycles. The lowest BCUT2D eigenvalue weighted by Gasteiger charge is -2.38. The van der Waals surface area contributed by atoms with Gasteiger partial charge in [0, 0.05) is 17.6 Å². The summed E-state index contributed by atoms with van der Waals surface area (Å²) in [5, 5.41) is 9.21. The Balaban J connectivity index is 2.23. The molecule has 2 unspecified atom stereocenters. The van der Waals surface area contributed by atoms with Crippen LogP contribution in [-0.4, -0.2) is 37.0 Å². The normalized spacial score (nSPS) is 25.0. The topological polar surface area (TPSA) is 58.7 Å². The Morgan fingerprint density at radius 2 is 2.29 bits per heavy atom. The summed E-state index contributed by atoms with van der Waals surface area (Å²) in [5.41, 5.74) is 7.73. The molecule has 1 aromatic rings. The fourth-order valence-corrected chi connectivity index (χ4v) is 2.48. The van der Waals surface area contributed by atoms with Gasteiger partial charge in [-0.1, -0.05) is 15.9 Å². The van der Waals surface area contributed by atoms with E-state index in [1.54, 1.807) is 0 Å². The summed E-state index contributed by atoms with van der Waals surface area (Å²) in [4.78, 5) is 2.16. The van der Waals surface area contributed by atoms with Crippen LogP contribution in [0.1, 0.15) is 6.92 Å². The predicted molar refractivity (Wildman–Crippen MR) is 72.2 cm³/mol. The molecule has 5 heteroatoms. The Morgan fingerprint density at radius 3 is 3.00 bits per heavy atom. The van der Waals surface area contributed by atoms with Crippen LogP contribution in [0, 0.1) is 0 Å². The summed E-state index contributed by atoms with van der Waals surface area (Å²) >= 11 is 3.45. The molecule has 4 nitrogen and oxygen atoms in total. The van der Waals surface area contributed by atoms with E-state index in [0.29, 0.717) is 6.54 Å². The number of hydrogen-bond acceptors (Lipinski definition) is 4. The lowest BCUT2D eigenvalue weighted by Crippen LogP contribution is -2.48. The van der Waals surface area contributed by atoms with Gasteiger partial charge < -0.3 is 20.5 Å². The second kappa shape index (κ2) is 5.25. The van der Waals surface area contributed by atoms with Gasteiger partial charge in [0.05, 0.1) is 30.2 Å². The van der Waals surface area contributed by atoms with E-state index in [-0.39, 0.29) is 18.8 Å². The standard InChI is InChI=1S/C12H17BrN2O2/c1-8-5-15(6-10(7-16)17-8)12-4-9(13)2-3-11(12)14/h2-4,8,10,16H,5-7,14H2,1H3. The van der Waals surface area contributed by atoms with Crippen LogP contribution in [0.25, 0.3) is 0 Å².